The summed E-state index contributed by atoms with van der Waals surface area (Å²) < 4.78 is 23.0. The summed E-state index contributed by atoms with van der Waals surface area (Å²) in [5.41, 5.74) is 4.72. The van der Waals surface area contributed by atoms with Crippen molar-refractivity contribution in [3.8, 4) is 17.6 Å². The molecule has 1 saturated heterocycles. The predicted octanol–water partition coefficient (Wildman–Crippen LogP) is 7.33. The molecule has 0 bridgehead atoms. The number of esters is 2. The Kier molecular flexibility index (Phi) is 11.0. The van der Waals surface area contributed by atoms with Crippen LogP contribution < -0.4 is 4.74 Å². The summed E-state index contributed by atoms with van der Waals surface area (Å²) in [4.78, 5) is 25.1. The SMILES string of the molecule is CC(C)=C1C[C@](COCc2ccccc2)(COC(=O)CCCOc2ccc(C#Cc3ccc(C(C)(C)C)cc3)cc2)OC1=O. The molecular formula is C38H42O6. The molecule has 0 amide bonds. The number of hydrogen-bond acceptors (Lipinski definition) is 6. The maximum Gasteiger partial charge on any atom is 0.334 e. The van der Waals surface area contributed by atoms with E-state index in [1.807, 2.05) is 68.4 Å². The number of carbonyl (C=O) groups is 2. The minimum atomic E-state index is -1.04. The first-order valence-electron chi connectivity index (χ1n) is 15.1. The molecule has 6 heteroatoms. The first-order valence-corrected chi connectivity index (χ1v) is 15.1. The van der Waals surface area contributed by atoms with Crippen LogP contribution in [-0.4, -0.2) is 37.4 Å². The highest BCUT2D eigenvalue weighted by Gasteiger charge is 2.45. The second-order valence-corrected chi connectivity index (χ2v) is 12.4. The molecule has 6 nitrogen and oxygen atoms in total. The number of hydrogen-bond donors (Lipinski definition) is 0. The molecule has 0 aromatic heterocycles. The third-order valence-corrected chi connectivity index (χ3v) is 7.38. The number of allylic oxidation sites excluding steroid dienone is 1. The van der Waals surface area contributed by atoms with Crippen LogP contribution in [0.2, 0.25) is 0 Å². The van der Waals surface area contributed by atoms with Gasteiger partial charge in [0.2, 0.25) is 0 Å². The molecule has 0 N–H and O–H groups in total. The standard InChI is InChI=1S/C38H42O6/c1-28(2)34-24-38(44-36(34)40,26-41-25-31-10-7-6-8-11-31)27-43-35(39)12-9-23-42-33-21-17-30(18-22-33)14-13-29-15-19-32(20-16-29)37(3,4)5/h6-8,10-11,15-22H,9,12,23-27H2,1-5H3/t38-/m0/s1. The van der Waals surface area contributed by atoms with E-state index < -0.39 is 5.60 Å². The van der Waals surface area contributed by atoms with Crippen LogP contribution in [0, 0.1) is 11.8 Å². The lowest BCUT2D eigenvalue weighted by atomic mass is 9.87. The summed E-state index contributed by atoms with van der Waals surface area (Å²) in [6.07, 6.45) is 1.01. The summed E-state index contributed by atoms with van der Waals surface area (Å²) in [5.74, 6) is 6.35. The fourth-order valence-corrected chi connectivity index (χ4v) is 4.72. The quantitative estimate of drug-likeness (QED) is 0.100. The van der Waals surface area contributed by atoms with E-state index in [9.17, 15) is 9.59 Å². The van der Waals surface area contributed by atoms with Gasteiger partial charge in [0.1, 0.15) is 12.4 Å². The molecule has 1 fully saturated rings. The van der Waals surface area contributed by atoms with E-state index in [1.54, 1.807) is 0 Å². The molecular weight excluding hydrogens is 552 g/mol. The number of cyclic esters (lactones) is 1. The van der Waals surface area contributed by atoms with E-state index in [0.717, 1.165) is 22.3 Å². The van der Waals surface area contributed by atoms with Crippen molar-refractivity contribution in [3.63, 3.8) is 0 Å². The second-order valence-electron chi connectivity index (χ2n) is 12.4. The summed E-state index contributed by atoms with van der Waals surface area (Å²) in [7, 11) is 0. The molecule has 230 valence electrons. The lowest BCUT2D eigenvalue weighted by Crippen LogP contribution is -2.40. The van der Waals surface area contributed by atoms with Gasteiger partial charge in [-0.15, -0.1) is 0 Å². The fraction of sp³-hybridized carbons (Fsp3) is 0.368. The minimum absolute atomic E-state index is 0.0623. The molecule has 3 aromatic carbocycles. The van der Waals surface area contributed by atoms with Gasteiger partial charge < -0.3 is 18.9 Å². The zero-order chi connectivity index (χ0) is 31.6. The second kappa shape index (κ2) is 14.9. The Morgan fingerprint density at radius 2 is 1.52 bits per heavy atom. The van der Waals surface area contributed by atoms with Crippen LogP contribution in [-0.2, 0) is 35.8 Å². The Morgan fingerprint density at radius 3 is 2.11 bits per heavy atom. The van der Waals surface area contributed by atoms with Gasteiger partial charge in [0.25, 0.3) is 0 Å². The Bertz CT molecular complexity index is 1500. The van der Waals surface area contributed by atoms with Gasteiger partial charge in [-0.3, -0.25) is 4.79 Å². The molecule has 0 radical (unpaired) electrons. The molecule has 4 rings (SSSR count). The highest BCUT2D eigenvalue weighted by molar-refractivity contribution is 5.92. The highest BCUT2D eigenvalue weighted by atomic mass is 16.6. The monoisotopic (exact) mass is 594 g/mol. The van der Waals surface area contributed by atoms with Crippen molar-refractivity contribution < 1.29 is 28.5 Å². The van der Waals surface area contributed by atoms with Crippen LogP contribution in [0.1, 0.15) is 76.1 Å². The van der Waals surface area contributed by atoms with Crippen LogP contribution in [0.5, 0.6) is 5.75 Å². The van der Waals surface area contributed by atoms with Crippen LogP contribution in [0.15, 0.2) is 90.0 Å². The lowest BCUT2D eigenvalue weighted by Gasteiger charge is -2.26. The molecule has 0 aliphatic carbocycles. The highest BCUT2D eigenvalue weighted by Crippen LogP contribution is 2.34. The molecule has 1 atom stereocenters. The van der Waals surface area contributed by atoms with Crippen molar-refractivity contribution in [2.75, 3.05) is 19.8 Å². The van der Waals surface area contributed by atoms with Gasteiger partial charge in [0, 0.05) is 29.5 Å². The Hall–Kier alpha value is -4.34. The zero-order valence-corrected chi connectivity index (χ0v) is 26.4. The van der Waals surface area contributed by atoms with E-state index in [0.29, 0.717) is 37.4 Å². The molecule has 1 heterocycles. The van der Waals surface area contributed by atoms with Crippen molar-refractivity contribution in [1.29, 1.82) is 0 Å². The van der Waals surface area contributed by atoms with E-state index in [1.165, 1.54) is 5.56 Å². The summed E-state index contributed by atoms with van der Waals surface area (Å²) in [6.45, 7) is 11.1. The predicted molar refractivity (Wildman–Crippen MR) is 171 cm³/mol. The number of benzene rings is 3. The Morgan fingerprint density at radius 1 is 0.886 bits per heavy atom. The van der Waals surface area contributed by atoms with E-state index in [-0.39, 0.29) is 37.0 Å². The Balaban J connectivity index is 1.21. The topological polar surface area (TPSA) is 71.1 Å². The van der Waals surface area contributed by atoms with Gasteiger partial charge in [-0.05, 0) is 73.2 Å². The zero-order valence-electron chi connectivity index (χ0n) is 26.4. The maximum absolute atomic E-state index is 12.6. The van der Waals surface area contributed by atoms with Crippen LogP contribution in [0.4, 0.5) is 0 Å². The minimum Gasteiger partial charge on any atom is -0.494 e. The van der Waals surface area contributed by atoms with Crippen molar-refractivity contribution in [1.82, 2.24) is 0 Å². The van der Waals surface area contributed by atoms with Crippen molar-refractivity contribution in [3.05, 3.63) is 112 Å². The van der Waals surface area contributed by atoms with E-state index in [2.05, 4.69) is 56.9 Å². The van der Waals surface area contributed by atoms with Gasteiger partial charge in [-0.25, -0.2) is 4.79 Å². The van der Waals surface area contributed by atoms with Crippen molar-refractivity contribution in [2.24, 2.45) is 0 Å². The summed E-state index contributed by atoms with van der Waals surface area (Å²) in [6, 6.07) is 25.7. The van der Waals surface area contributed by atoms with Gasteiger partial charge in [-0.2, -0.15) is 0 Å². The molecule has 1 aliphatic heterocycles. The van der Waals surface area contributed by atoms with E-state index in [4.69, 9.17) is 18.9 Å². The van der Waals surface area contributed by atoms with E-state index >= 15 is 0 Å². The average molecular weight is 595 g/mol. The molecule has 0 saturated carbocycles. The lowest BCUT2D eigenvalue weighted by molar-refractivity contribution is -0.169. The molecule has 44 heavy (non-hydrogen) atoms. The summed E-state index contributed by atoms with van der Waals surface area (Å²) >= 11 is 0. The number of carbonyl (C=O) groups excluding carboxylic acids is 2. The molecule has 1 aliphatic rings. The van der Waals surface area contributed by atoms with Gasteiger partial charge >= 0.3 is 11.9 Å². The van der Waals surface area contributed by atoms with Crippen LogP contribution in [0.25, 0.3) is 0 Å². The smallest absolute Gasteiger partial charge is 0.334 e. The van der Waals surface area contributed by atoms with Crippen LogP contribution in [0.3, 0.4) is 0 Å². The molecule has 3 aromatic rings. The average Bonchev–Trinajstić information content (AvgIpc) is 3.34. The fourth-order valence-electron chi connectivity index (χ4n) is 4.72. The van der Waals surface area contributed by atoms with Crippen molar-refractivity contribution in [2.45, 2.75) is 71.5 Å². The first-order chi connectivity index (χ1) is 21.0. The van der Waals surface area contributed by atoms with Gasteiger partial charge in [0.05, 0.1) is 19.8 Å². The maximum atomic E-state index is 12.6. The molecule has 0 unspecified atom stereocenters. The normalized spacial score (nSPS) is 16.1. The van der Waals surface area contributed by atoms with Gasteiger partial charge in [-0.1, -0.05) is 80.6 Å². The largest absolute Gasteiger partial charge is 0.494 e. The van der Waals surface area contributed by atoms with Gasteiger partial charge in [0.15, 0.2) is 5.60 Å². The third-order valence-electron chi connectivity index (χ3n) is 7.38. The Labute approximate surface area is 261 Å². The summed E-state index contributed by atoms with van der Waals surface area (Å²) in [5, 5.41) is 0. The molecule has 0 spiro atoms. The third kappa shape index (κ3) is 9.59. The van der Waals surface area contributed by atoms with Crippen LogP contribution >= 0.6 is 0 Å². The number of rotatable bonds is 11. The first kappa shape index (κ1) is 32.6. The number of ether oxygens (including phenoxy) is 4. The van der Waals surface area contributed by atoms with Crippen molar-refractivity contribution >= 4 is 11.9 Å².